The molecule has 0 aromatic heterocycles. The first-order valence-electron chi connectivity index (χ1n) is 8.39. The summed E-state index contributed by atoms with van der Waals surface area (Å²) in [6, 6.07) is 6.43. The van der Waals surface area contributed by atoms with Gasteiger partial charge in [-0.2, -0.15) is 0 Å². The molecule has 1 aliphatic rings. The van der Waals surface area contributed by atoms with Crippen LogP contribution in [0.1, 0.15) is 57.4 Å². The standard InChI is InChI=1S/C18H27FN2O/c1-2-3-6-16(13-20)21-17(22)18(11-4-5-12-18)14-7-9-15(19)10-8-14/h7-10,16H,2-6,11-13,20H2,1H3,(H,21,22). The number of nitrogens with two attached hydrogens (primary N) is 1. The highest BCUT2D eigenvalue weighted by Gasteiger charge is 2.43. The first-order chi connectivity index (χ1) is 10.6. The summed E-state index contributed by atoms with van der Waals surface area (Å²) in [6.45, 7) is 2.59. The number of halogens is 1. The molecule has 0 bridgehead atoms. The van der Waals surface area contributed by atoms with E-state index >= 15 is 0 Å². The zero-order valence-corrected chi connectivity index (χ0v) is 13.4. The van der Waals surface area contributed by atoms with E-state index < -0.39 is 5.41 Å². The molecular weight excluding hydrogens is 279 g/mol. The molecule has 3 nitrogen and oxygen atoms in total. The molecule has 1 saturated carbocycles. The van der Waals surface area contributed by atoms with Gasteiger partial charge in [0.05, 0.1) is 5.41 Å². The van der Waals surface area contributed by atoms with Crippen molar-refractivity contribution in [3.63, 3.8) is 0 Å². The SMILES string of the molecule is CCCCC(CN)NC(=O)C1(c2ccc(F)cc2)CCCC1. The van der Waals surface area contributed by atoms with Crippen molar-refractivity contribution in [1.82, 2.24) is 5.32 Å². The molecule has 1 atom stereocenters. The van der Waals surface area contributed by atoms with Crippen molar-refractivity contribution in [1.29, 1.82) is 0 Å². The smallest absolute Gasteiger partial charge is 0.230 e. The van der Waals surface area contributed by atoms with Gasteiger partial charge in [-0.1, -0.05) is 44.7 Å². The van der Waals surface area contributed by atoms with Gasteiger partial charge in [0.2, 0.25) is 5.91 Å². The Morgan fingerprint density at radius 2 is 1.95 bits per heavy atom. The third-order valence-electron chi connectivity index (χ3n) is 4.81. The molecule has 1 aliphatic carbocycles. The topological polar surface area (TPSA) is 55.1 Å². The average molecular weight is 306 g/mol. The molecule has 0 aliphatic heterocycles. The van der Waals surface area contributed by atoms with Crippen molar-refractivity contribution in [3.8, 4) is 0 Å². The molecule has 1 fully saturated rings. The highest BCUT2D eigenvalue weighted by Crippen LogP contribution is 2.41. The van der Waals surface area contributed by atoms with Gasteiger partial charge >= 0.3 is 0 Å². The zero-order valence-electron chi connectivity index (χ0n) is 13.4. The highest BCUT2D eigenvalue weighted by atomic mass is 19.1. The van der Waals surface area contributed by atoms with Crippen LogP contribution < -0.4 is 11.1 Å². The monoisotopic (exact) mass is 306 g/mol. The van der Waals surface area contributed by atoms with Crippen LogP contribution in [0.3, 0.4) is 0 Å². The molecule has 1 unspecified atom stereocenters. The van der Waals surface area contributed by atoms with Crippen LogP contribution in [0.25, 0.3) is 0 Å². The molecule has 0 heterocycles. The van der Waals surface area contributed by atoms with Crippen LogP contribution in [-0.4, -0.2) is 18.5 Å². The summed E-state index contributed by atoms with van der Waals surface area (Å²) in [5, 5.41) is 3.14. The number of nitrogens with one attached hydrogen (secondary N) is 1. The fourth-order valence-electron chi connectivity index (χ4n) is 3.42. The summed E-state index contributed by atoms with van der Waals surface area (Å²) >= 11 is 0. The molecule has 2 rings (SSSR count). The molecular formula is C18H27FN2O. The quantitative estimate of drug-likeness (QED) is 0.812. The van der Waals surface area contributed by atoms with Gasteiger partial charge in [-0.05, 0) is 37.0 Å². The van der Waals surface area contributed by atoms with Gasteiger partial charge < -0.3 is 11.1 Å². The minimum Gasteiger partial charge on any atom is -0.351 e. The number of hydrogen-bond donors (Lipinski definition) is 2. The van der Waals surface area contributed by atoms with Gasteiger partial charge in [0.25, 0.3) is 0 Å². The van der Waals surface area contributed by atoms with Crippen molar-refractivity contribution < 1.29 is 9.18 Å². The normalized spacial score (nSPS) is 18.1. The maximum atomic E-state index is 13.2. The number of unbranched alkanes of at least 4 members (excludes halogenated alkanes) is 1. The van der Waals surface area contributed by atoms with E-state index in [1.54, 1.807) is 12.1 Å². The molecule has 22 heavy (non-hydrogen) atoms. The van der Waals surface area contributed by atoms with E-state index in [2.05, 4.69) is 12.2 Å². The number of amides is 1. The summed E-state index contributed by atoms with van der Waals surface area (Å²) in [5.74, 6) is -0.205. The van der Waals surface area contributed by atoms with Gasteiger partial charge in [-0.3, -0.25) is 4.79 Å². The fraction of sp³-hybridized carbons (Fsp3) is 0.611. The number of benzene rings is 1. The fourth-order valence-corrected chi connectivity index (χ4v) is 3.42. The Balaban J connectivity index is 2.16. The molecule has 0 spiro atoms. The van der Waals surface area contributed by atoms with Crippen LogP contribution in [0.2, 0.25) is 0 Å². The van der Waals surface area contributed by atoms with Crippen molar-refractivity contribution >= 4 is 5.91 Å². The van der Waals surface area contributed by atoms with Gasteiger partial charge in [0, 0.05) is 12.6 Å². The predicted molar refractivity (Wildman–Crippen MR) is 87.1 cm³/mol. The summed E-state index contributed by atoms with van der Waals surface area (Å²) in [6.07, 6.45) is 6.80. The molecule has 0 saturated heterocycles. The molecule has 1 aromatic carbocycles. The van der Waals surface area contributed by atoms with Crippen molar-refractivity contribution in [2.45, 2.75) is 63.3 Å². The van der Waals surface area contributed by atoms with Gasteiger partial charge in [0.1, 0.15) is 5.82 Å². The van der Waals surface area contributed by atoms with E-state index in [1.807, 2.05) is 0 Å². The van der Waals surface area contributed by atoms with Crippen molar-refractivity contribution in [3.05, 3.63) is 35.6 Å². The minimum absolute atomic E-state index is 0.0328. The highest BCUT2D eigenvalue weighted by molar-refractivity contribution is 5.88. The van der Waals surface area contributed by atoms with E-state index in [0.29, 0.717) is 6.54 Å². The zero-order chi connectivity index (χ0) is 16.0. The largest absolute Gasteiger partial charge is 0.351 e. The van der Waals surface area contributed by atoms with E-state index in [4.69, 9.17) is 5.73 Å². The van der Waals surface area contributed by atoms with Crippen LogP contribution in [0.4, 0.5) is 4.39 Å². The van der Waals surface area contributed by atoms with Gasteiger partial charge in [0.15, 0.2) is 0 Å². The Morgan fingerprint density at radius 1 is 1.32 bits per heavy atom. The lowest BCUT2D eigenvalue weighted by Gasteiger charge is -2.30. The van der Waals surface area contributed by atoms with E-state index in [-0.39, 0.29) is 17.8 Å². The van der Waals surface area contributed by atoms with Crippen LogP contribution in [0.15, 0.2) is 24.3 Å². The summed E-state index contributed by atoms with van der Waals surface area (Å²) < 4.78 is 13.2. The van der Waals surface area contributed by atoms with Crippen LogP contribution in [0.5, 0.6) is 0 Å². The van der Waals surface area contributed by atoms with Crippen LogP contribution >= 0.6 is 0 Å². The lowest BCUT2D eigenvalue weighted by atomic mass is 9.77. The van der Waals surface area contributed by atoms with E-state index in [1.165, 1.54) is 12.1 Å². The molecule has 3 N–H and O–H groups in total. The number of rotatable bonds is 7. The molecule has 4 heteroatoms. The summed E-state index contributed by atoms with van der Waals surface area (Å²) in [7, 11) is 0. The molecule has 0 radical (unpaired) electrons. The number of carbonyl (C=O) groups excluding carboxylic acids is 1. The Hall–Kier alpha value is -1.42. The van der Waals surface area contributed by atoms with Crippen molar-refractivity contribution in [2.24, 2.45) is 5.73 Å². The average Bonchev–Trinajstić information content (AvgIpc) is 3.02. The number of carbonyl (C=O) groups is 1. The third kappa shape index (κ3) is 3.67. The Kier molecular flexibility index (Phi) is 5.95. The number of hydrogen-bond acceptors (Lipinski definition) is 2. The summed E-state index contributed by atoms with van der Waals surface area (Å²) in [5.41, 5.74) is 6.22. The lowest BCUT2D eigenvalue weighted by Crippen LogP contribution is -2.49. The van der Waals surface area contributed by atoms with Crippen molar-refractivity contribution in [2.75, 3.05) is 6.54 Å². The van der Waals surface area contributed by atoms with E-state index in [0.717, 1.165) is 50.5 Å². The van der Waals surface area contributed by atoms with Gasteiger partial charge in [-0.15, -0.1) is 0 Å². The Morgan fingerprint density at radius 3 is 2.50 bits per heavy atom. The Labute approximate surface area is 132 Å². The van der Waals surface area contributed by atoms with Gasteiger partial charge in [-0.25, -0.2) is 4.39 Å². The third-order valence-corrected chi connectivity index (χ3v) is 4.81. The second-order valence-electron chi connectivity index (χ2n) is 6.34. The van der Waals surface area contributed by atoms with Crippen LogP contribution in [0, 0.1) is 5.82 Å². The first kappa shape index (κ1) is 16.9. The summed E-state index contributed by atoms with van der Waals surface area (Å²) in [4.78, 5) is 12.9. The van der Waals surface area contributed by atoms with E-state index in [9.17, 15) is 9.18 Å². The molecule has 122 valence electrons. The maximum Gasteiger partial charge on any atom is 0.230 e. The maximum absolute atomic E-state index is 13.2. The first-order valence-corrected chi connectivity index (χ1v) is 8.39. The molecule has 1 amide bonds. The lowest BCUT2D eigenvalue weighted by molar-refractivity contribution is -0.127. The van der Waals surface area contributed by atoms with Crippen LogP contribution in [-0.2, 0) is 10.2 Å². The molecule has 1 aromatic rings. The minimum atomic E-state index is -0.507. The second-order valence-corrected chi connectivity index (χ2v) is 6.34. The second kappa shape index (κ2) is 7.73. The Bertz CT molecular complexity index is 480. The predicted octanol–water partition coefficient (Wildman–Crippen LogP) is 3.27.